The number of aryl methyl sites for hydroxylation is 1. The van der Waals surface area contributed by atoms with Gasteiger partial charge in [-0.05, 0) is 79.0 Å². The van der Waals surface area contributed by atoms with Crippen molar-refractivity contribution in [1.82, 2.24) is 20.1 Å². The summed E-state index contributed by atoms with van der Waals surface area (Å²) in [5, 5.41) is 16.7. The van der Waals surface area contributed by atoms with E-state index in [-0.39, 0.29) is 35.9 Å². The van der Waals surface area contributed by atoms with Crippen LogP contribution in [0.15, 0.2) is 36.7 Å². The minimum Gasteiger partial charge on any atom is -0.349 e. The van der Waals surface area contributed by atoms with E-state index in [4.69, 9.17) is 11.6 Å². The zero-order chi connectivity index (χ0) is 27.4. The second-order valence-electron chi connectivity index (χ2n) is 10.6. The Morgan fingerprint density at radius 3 is 2.74 bits per heavy atom. The molecule has 2 aromatic heterocycles. The summed E-state index contributed by atoms with van der Waals surface area (Å²) in [5.41, 5.74) is 2.23. The van der Waals surface area contributed by atoms with Crippen LogP contribution in [-0.2, 0) is 11.3 Å². The predicted molar refractivity (Wildman–Crippen MR) is 139 cm³/mol. The number of anilines is 1. The van der Waals surface area contributed by atoms with E-state index in [0.717, 1.165) is 23.1 Å². The fourth-order valence-corrected chi connectivity index (χ4v) is 5.80. The lowest BCUT2D eigenvalue weighted by molar-refractivity contribution is -0.118. The van der Waals surface area contributed by atoms with E-state index in [9.17, 15) is 23.6 Å². The first-order valence-corrected chi connectivity index (χ1v) is 13.2. The second-order valence-corrected chi connectivity index (χ2v) is 11.1. The second kappa shape index (κ2) is 9.72. The Morgan fingerprint density at radius 1 is 1.28 bits per heavy atom. The molecule has 39 heavy (non-hydrogen) atoms. The number of carbonyl (C=O) groups excluding carboxylic acids is 2. The number of benzene rings is 1. The molecule has 8 nitrogen and oxygen atoms in total. The highest BCUT2D eigenvalue weighted by molar-refractivity contribution is 6.30. The van der Waals surface area contributed by atoms with E-state index in [0.29, 0.717) is 41.7 Å². The van der Waals surface area contributed by atoms with Crippen LogP contribution >= 0.6 is 11.6 Å². The standard InChI is InChI=1S/C28H25ClF2N6O2/c1-14-4-24(37-12-17-7-22(17)28(37)39)33-10-18(14)11-36-13-23(25(35-36)26(30)31)27(38)34-20-5-16(6-20)21-8-19(29)3-2-15(21)9-32/h2-4,8,10,13,16-17,20,22,26H,5-7,11-12H2,1H3,(H,34,38)/t16-,17-,20+,22-/m1/s1. The smallest absolute Gasteiger partial charge is 0.282 e. The Hall–Kier alpha value is -3.84. The number of nitrogens with one attached hydrogen (secondary N) is 1. The number of nitrogens with zero attached hydrogens (tertiary/aromatic N) is 5. The SMILES string of the molecule is Cc1cc(N2C[C@H]3C[C@H]3C2=O)ncc1Cn1cc(C(=O)N[C@H]2C[C@@H](c3cc(Cl)ccc3C#N)C2)c(C(F)F)n1. The summed E-state index contributed by atoms with van der Waals surface area (Å²) < 4.78 is 28.9. The number of hydrogen-bond acceptors (Lipinski definition) is 5. The zero-order valence-electron chi connectivity index (χ0n) is 21.1. The molecule has 200 valence electrons. The molecule has 1 saturated heterocycles. The maximum Gasteiger partial charge on any atom is 0.282 e. The van der Waals surface area contributed by atoms with E-state index in [1.165, 1.54) is 10.9 Å². The van der Waals surface area contributed by atoms with Crippen LogP contribution < -0.4 is 10.2 Å². The average molecular weight is 551 g/mol. The van der Waals surface area contributed by atoms with Crippen molar-refractivity contribution < 1.29 is 18.4 Å². The largest absolute Gasteiger partial charge is 0.349 e. The molecule has 6 rings (SSSR count). The van der Waals surface area contributed by atoms with Gasteiger partial charge in [0.25, 0.3) is 12.3 Å². The molecule has 2 aliphatic carbocycles. The Morgan fingerprint density at radius 2 is 2.08 bits per heavy atom. The monoisotopic (exact) mass is 550 g/mol. The van der Waals surface area contributed by atoms with Crippen LogP contribution in [0, 0.1) is 30.1 Å². The first-order chi connectivity index (χ1) is 18.7. The summed E-state index contributed by atoms with van der Waals surface area (Å²) in [5.74, 6) is 0.716. The normalized spacial score (nSPS) is 23.4. The van der Waals surface area contributed by atoms with Gasteiger partial charge in [0.2, 0.25) is 5.91 Å². The van der Waals surface area contributed by atoms with Crippen molar-refractivity contribution in [3.8, 4) is 6.07 Å². The Balaban J connectivity index is 1.13. The number of alkyl halides is 2. The maximum absolute atomic E-state index is 13.8. The molecule has 0 unspecified atom stereocenters. The molecule has 1 N–H and O–H groups in total. The summed E-state index contributed by atoms with van der Waals surface area (Å²) in [6.45, 7) is 2.71. The van der Waals surface area contributed by atoms with Crippen molar-refractivity contribution in [2.75, 3.05) is 11.4 Å². The Labute approximate surface area is 228 Å². The Bertz CT molecular complexity index is 1530. The van der Waals surface area contributed by atoms with Crippen LogP contribution in [0.25, 0.3) is 0 Å². The van der Waals surface area contributed by atoms with Gasteiger partial charge in [-0.25, -0.2) is 13.8 Å². The molecular formula is C28H25ClF2N6O2. The third-order valence-electron chi connectivity index (χ3n) is 8.03. The highest BCUT2D eigenvalue weighted by Crippen LogP contribution is 2.47. The van der Waals surface area contributed by atoms with Gasteiger partial charge in [0, 0.05) is 35.9 Å². The van der Waals surface area contributed by atoms with E-state index >= 15 is 0 Å². The average Bonchev–Trinajstić information content (AvgIpc) is 3.41. The number of halogens is 3. The van der Waals surface area contributed by atoms with Gasteiger partial charge in [0.05, 0.1) is 23.7 Å². The molecule has 1 aromatic carbocycles. The van der Waals surface area contributed by atoms with Crippen molar-refractivity contribution in [2.45, 2.75) is 51.1 Å². The molecule has 0 radical (unpaired) electrons. The molecule has 2 saturated carbocycles. The first-order valence-electron chi connectivity index (χ1n) is 12.8. The van der Waals surface area contributed by atoms with Gasteiger partial charge >= 0.3 is 0 Å². The maximum atomic E-state index is 13.8. The Kier molecular flexibility index (Phi) is 6.34. The minimum absolute atomic E-state index is 0.0565. The molecule has 3 aromatic rings. The van der Waals surface area contributed by atoms with Crippen LogP contribution in [0.1, 0.15) is 69.9 Å². The van der Waals surface area contributed by atoms with Gasteiger partial charge in [0.15, 0.2) is 0 Å². The number of aromatic nitrogens is 3. The highest BCUT2D eigenvalue weighted by atomic mass is 35.5. The first kappa shape index (κ1) is 25.4. The molecule has 3 fully saturated rings. The van der Waals surface area contributed by atoms with Gasteiger partial charge in [-0.2, -0.15) is 10.4 Å². The number of pyridine rings is 1. The number of hydrogen-bond donors (Lipinski definition) is 1. The molecule has 11 heteroatoms. The summed E-state index contributed by atoms with van der Waals surface area (Å²) in [7, 11) is 0. The number of amides is 2. The van der Waals surface area contributed by atoms with Crippen molar-refractivity contribution in [1.29, 1.82) is 5.26 Å². The van der Waals surface area contributed by atoms with Crippen molar-refractivity contribution in [2.24, 2.45) is 11.8 Å². The molecule has 0 spiro atoms. The van der Waals surface area contributed by atoms with E-state index in [1.54, 1.807) is 29.3 Å². The minimum atomic E-state index is -2.92. The third-order valence-corrected chi connectivity index (χ3v) is 8.26. The quantitative estimate of drug-likeness (QED) is 0.457. The lowest BCUT2D eigenvalue weighted by atomic mass is 9.74. The lowest BCUT2D eigenvalue weighted by Gasteiger charge is -2.36. The molecule has 3 heterocycles. The summed E-state index contributed by atoms with van der Waals surface area (Å²) in [4.78, 5) is 31.5. The van der Waals surface area contributed by atoms with Crippen LogP contribution in [0.2, 0.25) is 5.02 Å². The number of carbonyl (C=O) groups is 2. The van der Waals surface area contributed by atoms with Crippen LogP contribution in [-0.4, -0.2) is 39.2 Å². The fourth-order valence-electron chi connectivity index (χ4n) is 5.62. The molecule has 0 bridgehead atoms. The molecule has 1 aliphatic heterocycles. The van der Waals surface area contributed by atoms with Crippen LogP contribution in [0.4, 0.5) is 14.6 Å². The number of fused-ring (bicyclic) bond motifs is 1. The van der Waals surface area contributed by atoms with Crippen LogP contribution in [0.5, 0.6) is 0 Å². The molecule has 3 aliphatic rings. The summed E-state index contributed by atoms with van der Waals surface area (Å²) in [6, 6.07) is 8.87. The summed E-state index contributed by atoms with van der Waals surface area (Å²) >= 11 is 6.09. The van der Waals surface area contributed by atoms with E-state index in [2.05, 4.69) is 21.5 Å². The van der Waals surface area contributed by atoms with Gasteiger partial charge in [0.1, 0.15) is 11.5 Å². The van der Waals surface area contributed by atoms with Crippen LogP contribution in [0.3, 0.4) is 0 Å². The summed E-state index contributed by atoms with van der Waals surface area (Å²) in [6.07, 6.45) is 2.17. The van der Waals surface area contributed by atoms with Gasteiger partial charge < -0.3 is 5.32 Å². The van der Waals surface area contributed by atoms with E-state index < -0.39 is 18.0 Å². The molecular weight excluding hydrogens is 526 g/mol. The third kappa shape index (κ3) is 4.76. The molecule has 2 amide bonds. The van der Waals surface area contributed by atoms with Gasteiger partial charge in [-0.1, -0.05) is 11.6 Å². The lowest BCUT2D eigenvalue weighted by Crippen LogP contribution is -2.43. The van der Waals surface area contributed by atoms with Gasteiger partial charge in [-0.15, -0.1) is 0 Å². The van der Waals surface area contributed by atoms with Crippen molar-refractivity contribution in [3.05, 3.63) is 75.2 Å². The fraction of sp³-hybridized carbons (Fsp3) is 0.393. The number of piperidine rings is 1. The highest BCUT2D eigenvalue weighted by Gasteiger charge is 2.52. The number of rotatable bonds is 7. The number of nitriles is 1. The van der Waals surface area contributed by atoms with Crippen molar-refractivity contribution in [3.63, 3.8) is 0 Å². The van der Waals surface area contributed by atoms with E-state index in [1.807, 2.05) is 13.0 Å². The van der Waals surface area contributed by atoms with Gasteiger partial charge in [-0.3, -0.25) is 19.2 Å². The predicted octanol–water partition coefficient (Wildman–Crippen LogP) is 4.76. The topological polar surface area (TPSA) is 104 Å². The van der Waals surface area contributed by atoms with Crippen molar-refractivity contribution >= 4 is 29.2 Å². The molecule has 2 atom stereocenters. The zero-order valence-corrected chi connectivity index (χ0v) is 21.8.